The second kappa shape index (κ2) is 9.23. The highest BCUT2D eigenvalue weighted by atomic mass is 14.9. The van der Waals surface area contributed by atoms with E-state index in [1.54, 1.807) is 0 Å². The van der Waals surface area contributed by atoms with Crippen LogP contribution in [0.25, 0.3) is 22.3 Å². The number of rotatable bonds is 6. The SMILES string of the molecule is c1ccc(Nc2ccc(-c3ccccc3)c(Nc3ccc(-c4ccccc4)cc3)c2)cc1. The Labute approximate surface area is 189 Å². The lowest BCUT2D eigenvalue weighted by atomic mass is 10.0. The summed E-state index contributed by atoms with van der Waals surface area (Å²) in [7, 11) is 0. The van der Waals surface area contributed by atoms with Crippen LogP contribution >= 0.6 is 0 Å². The second-order valence-corrected chi connectivity index (χ2v) is 7.69. The number of nitrogens with one attached hydrogen (secondary N) is 2. The smallest absolute Gasteiger partial charge is 0.0484 e. The zero-order chi connectivity index (χ0) is 21.6. The molecule has 5 aromatic rings. The maximum absolute atomic E-state index is 3.64. The minimum atomic E-state index is 1.04. The van der Waals surface area contributed by atoms with Crippen LogP contribution in [0.1, 0.15) is 0 Å². The lowest BCUT2D eigenvalue weighted by Crippen LogP contribution is -1.96. The van der Waals surface area contributed by atoms with Crippen molar-refractivity contribution < 1.29 is 0 Å². The Morgan fingerprint density at radius 2 is 0.844 bits per heavy atom. The molecule has 5 aromatic carbocycles. The maximum atomic E-state index is 3.64. The van der Waals surface area contributed by atoms with Crippen molar-refractivity contribution in [3.8, 4) is 22.3 Å². The van der Waals surface area contributed by atoms with E-state index in [1.165, 1.54) is 16.7 Å². The van der Waals surface area contributed by atoms with Gasteiger partial charge in [-0.2, -0.15) is 0 Å². The molecule has 0 bridgehead atoms. The first-order chi connectivity index (χ1) is 15.8. The molecule has 5 rings (SSSR count). The van der Waals surface area contributed by atoms with Crippen molar-refractivity contribution in [1.82, 2.24) is 0 Å². The van der Waals surface area contributed by atoms with Crippen LogP contribution in [0.5, 0.6) is 0 Å². The summed E-state index contributed by atoms with van der Waals surface area (Å²) < 4.78 is 0. The fraction of sp³-hybridized carbons (Fsp3) is 0. The summed E-state index contributed by atoms with van der Waals surface area (Å²) in [5, 5.41) is 7.14. The highest BCUT2D eigenvalue weighted by Gasteiger charge is 2.08. The van der Waals surface area contributed by atoms with Gasteiger partial charge < -0.3 is 10.6 Å². The topological polar surface area (TPSA) is 24.1 Å². The van der Waals surface area contributed by atoms with E-state index in [0.717, 1.165) is 28.3 Å². The molecule has 0 atom stereocenters. The Bertz CT molecular complexity index is 1280. The summed E-state index contributed by atoms with van der Waals surface area (Å²) in [6.45, 7) is 0. The monoisotopic (exact) mass is 412 g/mol. The molecule has 2 nitrogen and oxygen atoms in total. The number of hydrogen-bond donors (Lipinski definition) is 2. The van der Waals surface area contributed by atoms with E-state index >= 15 is 0 Å². The summed E-state index contributed by atoms with van der Waals surface area (Å²) in [6, 6.07) is 46.2. The van der Waals surface area contributed by atoms with E-state index in [2.05, 4.69) is 114 Å². The van der Waals surface area contributed by atoms with Gasteiger partial charge in [-0.25, -0.2) is 0 Å². The first-order valence-electron chi connectivity index (χ1n) is 10.8. The van der Waals surface area contributed by atoms with Gasteiger partial charge in [0.1, 0.15) is 0 Å². The van der Waals surface area contributed by atoms with Gasteiger partial charge in [-0.05, 0) is 53.1 Å². The lowest BCUT2D eigenvalue weighted by Gasteiger charge is -2.16. The predicted octanol–water partition coefficient (Wildman–Crippen LogP) is 8.51. The Kier molecular flexibility index (Phi) is 5.67. The first-order valence-corrected chi connectivity index (χ1v) is 10.8. The molecule has 0 saturated carbocycles. The first kappa shape index (κ1) is 19.7. The number of para-hydroxylation sites is 1. The van der Waals surface area contributed by atoms with Gasteiger partial charge in [0.25, 0.3) is 0 Å². The van der Waals surface area contributed by atoms with Crippen molar-refractivity contribution in [2.75, 3.05) is 10.6 Å². The van der Waals surface area contributed by atoms with Crippen molar-refractivity contribution >= 4 is 22.7 Å². The third kappa shape index (κ3) is 4.55. The van der Waals surface area contributed by atoms with Crippen molar-refractivity contribution in [2.45, 2.75) is 0 Å². The Hall–Kier alpha value is -4.30. The third-order valence-electron chi connectivity index (χ3n) is 5.44. The van der Waals surface area contributed by atoms with Crippen molar-refractivity contribution in [3.05, 3.63) is 133 Å². The van der Waals surface area contributed by atoms with Gasteiger partial charge in [0.15, 0.2) is 0 Å². The summed E-state index contributed by atoms with van der Waals surface area (Å²) in [5.74, 6) is 0. The lowest BCUT2D eigenvalue weighted by molar-refractivity contribution is 1.50. The molecule has 0 aromatic heterocycles. The van der Waals surface area contributed by atoms with Crippen LogP contribution in [-0.2, 0) is 0 Å². The minimum Gasteiger partial charge on any atom is -0.355 e. The van der Waals surface area contributed by atoms with Crippen LogP contribution in [-0.4, -0.2) is 0 Å². The molecular weight excluding hydrogens is 388 g/mol. The van der Waals surface area contributed by atoms with E-state index in [4.69, 9.17) is 0 Å². The van der Waals surface area contributed by atoms with Gasteiger partial charge in [0.05, 0.1) is 0 Å². The van der Waals surface area contributed by atoms with Crippen LogP contribution in [0, 0.1) is 0 Å². The van der Waals surface area contributed by atoms with Crippen molar-refractivity contribution in [3.63, 3.8) is 0 Å². The van der Waals surface area contributed by atoms with Gasteiger partial charge in [0.2, 0.25) is 0 Å². The van der Waals surface area contributed by atoms with Crippen molar-refractivity contribution in [1.29, 1.82) is 0 Å². The zero-order valence-electron chi connectivity index (χ0n) is 17.7. The fourth-order valence-electron chi connectivity index (χ4n) is 3.82. The molecule has 32 heavy (non-hydrogen) atoms. The predicted molar refractivity (Wildman–Crippen MR) is 137 cm³/mol. The molecule has 0 unspecified atom stereocenters. The molecule has 0 radical (unpaired) electrons. The molecule has 2 N–H and O–H groups in total. The Morgan fingerprint density at radius 3 is 1.50 bits per heavy atom. The van der Waals surface area contributed by atoms with Gasteiger partial charge in [0, 0.05) is 28.3 Å². The normalized spacial score (nSPS) is 10.5. The minimum absolute atomic E-state index is 1.04. The molecular formula is C30H24N2. The highest BCUT2D eigenvalue weighted by Crippen LogP contribution is 2.34. The quantitative estimate of drug-likeness (QED) is 0.292. The van der Waals surface area contributed by atoms with E-state index in [9.17, 15) is 0 Å². The molecule has 0 aliphatic carbocycles. The van der Waals surface area contributed by atoms with Crippen LogP contribution in [0.2, 0.25) is 0 Å². The summed E-state index contributed by atoms with van der Waals surface area (Å²) >= 11 is 0. The molecule has 0 fully saturated rings. The average molecular weight is 413 g/mol. The molecule has 0 spiro atoms. The summed E-state index contributed by atoms with van der Waals surface area (Å²) in [5.41, 5.74) is 9.00. The third-order valence-corrected chi connectivity index (χ3v) is 5.44. The van der Waals surface area contributed by atoms with E-state index < -0.39 is 0 Å². The van der Waals surface area contributed by atoms with Gasteiger partial charge >= 0.3 is 0 Å². The van der Waals surface area contributed by atoms with Crippen LogP contribution in [0.3, 0.4) is 0 Å². The average Bonchev–Trinajstić information content (AvgIpc) is 2.86. The largest absolute Gasteiger partial charge is 0.355 e. The highest BCUT2D eigenvalue weighted by molar-refractivity contribution is 5.84. The van der Waals surface area contributed by atoms with E-state index in [1.807, 2.05) is 30.3 Å². The maximum Gasteiger partial charge on any atom is 0.0484 e. The summed E-state index contributed by atoms with van der Waals surface area (Å²) in [6.07, 6.45) is 0. The van der Waals surface area contributed by atoms with Crippen LogP contribution in [0.4, 0.5) is 22.7 Å². The summed E-state index contributed by atoms with van der Waals surface area (Å²) in [4.78, 5) is 0. The molecule has 0 amide bonds. The van der Waals surface area contributed by atoms with Gasteiger partial charge in [-0.3, -0.25) is 0 Å². The standard InChI is InChI=1S/C30H24N2/c1-4-10-23(11-5-1)24-16-18-27(19-17-24)32-30-22-28(31-26-14-8-3-9-15-26)20-21-29(30)25-12-6-2-7-13-25/h1-22,31-32H. The Balaban J connectivity index is 1.47. The molecule has 0 saturated heterocycles. The van der Waals surface area contributed by atoms with E-state index in [-0.39, 0.29) is 0 Å². The number of anilines is 4. The van der Waals surface area contributed by atoms with E-state index in [0.29, 0.717) is 0 Å². The van der Waals surface area contributed by atoms with Gasteiger partial charge in [-0.15, -0.1) is 0 Å². The van der Waals surface area contributed by atoms with Crippen molar-refractivity contribution in [2.24, 2.45) is 0 Å². The van der Waals surface area contributed by atoms with Crippen LogP contribution in [0.15, 0.2) is 133 Å². The van der Waals surface area contributed by atoms with Gasteiger partial charge in [-0.1, -0.05) is 97.1 Å². The fourth-order valence-corrected chi connectivity index (χ4v) is 3.82. The molecule has 154 valence electrons. The molecule has 2 heteroatoms. The zero-order valence-corrected chi connectivity index (χ0v) is 17.7. The van der Waals surface area contributed by atoms with Crippen LogP contribution < -0.4 is 10.6 Å². The molecule has 0 aliphatic heterocycles. The second-order valence-electron chi connectivity index (χ2n) is 7.69. The molecule has 0 heterocycles. The number of benzene rings is 5. The Morgan fingerprint density at radius 1 is 0.344 bits per heavy atom. The molecule has 0 aliphatic rings. The number of hydrogen-bond acceptors (Lipinski definition) is 2.